The third-order valence-corrected chi connectivity index (χ3v) is 8.42. The highest BCUT2D eigenvalue weighted by atomic mass is 35.5. The topological polar surface area (TPSA) is 106 Å². The number of thioether (sulfide) groups is 1. The predicted molar refractivity (Wildman–Crippen MR) is 155 cm³/mol. The van der Waals surface area contributed by atoms with E-state index in [1.54, 1.807) is 18.4 Å². The number of nitrogens with zero attached hydrogens (tertiary/aromatic N) is 4. The summed E-state index contributed by atoms with van der Waals surface area (Å²) in [5, 5.41) is 12.1. The number of benzene rings is 2. The van der Waals surface area contributed by atoms with Crippen molar-refractivity contribution in [1.82, 2.24) is 10.3 Å². The Kier molecular flexibility index (Phi) is 8.66. The summed E-state index contributed by atoms with van der Waals surface area (Å²) < 4.78 is 42.3. The largest absolute Gasteiger partial charge is 0.351 e. The van der Waals surface area contributed by atoms with Crippen LogP contribution in [0.2, 0.25) is 5.02 Å². The lowest BCUT2D eigenvalue weighted by atomic mass is 9.87. The standard InChI is InChI=1S/C30H25ClF3N5O3S/c1-43-21-12-18(32)11-20(13-21)38(29(42)24-6-7-26(40)39(24)25-10-17(16-35)8-9-36-25)27(22-4-2-3-5-23(22)31)28(41)37-19-14-30(33,34)15-19/h2-5,8-13,19,24,27H,6-7,14-15H2,1H3,(H,37,41). The van der Waals surface area contributed by atoms with Crippen molar-refractivity contribution in [2.24, 2.45) is 0 Å². The first-order valence-corrected chi connectivity index (χ1v) is 14.9. The number of carbonyl (C=O) groups is 3. The van der Waals surface area contributed by atoms with Crippen molar-refractivity contribution < 1.29 is 27.6 Å². The van der Waals surface area contributed by atoms with E-state index in [9.17, 15) is 32.8 Å². The number of carbonyl (C=O) groups excluding carboxylic acids is 3. The third-order valence-electron chi connectivity index (χ3n) is 7.37. The van der Waals surface area contributed by atoms with Crippen molar-refractivity contribution in [1.29, 1.82) is 5.26 Å². The second-order valence-electron chi connectivity index (χ2n) is 10.3. The SMILES string of the molecule is CSc1cc(F)cc(N(C(=O)C2CCC(=O)N2c2cc(C#N)ccn2)C(C(=O)NC2CC(F)(F)C2)c2ccccc2Cl)c1. The van der Waals surface area contributed by atoms with Gasteiger partial charge in [-0.25, -0.2) is 18.2 Å². The minimum Gasteiger partial charge on any atom is -0.351 e. The number of amides is 3. The summed E-state index contributed by atoms with van der Waals surface area (Å²) >= 11 is 7.75. The van der Waals surface area contributed by atoms with E-state index >= 15 is 0 Å². The minimum atomic E-state index is -2.92. The number of rotatable bonds is 8. The molecule has 1 aliphatic heterocycles. The number of alkyl halides is 2. The fraction of sp³-hybridized carbons (Fsp3) is 0.300. The summed E-state index contributed by atoms with van der Waals surface area (Å²) in [6.45, 7) is 0. The Morgan fingerprint density at radius 3 is 2.63 bits per heavy atom. The molecule has 2 atom stereocenters. The van der Waals surface area contributed by atoms with Gasteiger partial charge >= 0.3 is 0 Å². The maximum Gasteiger partial charge on any atom is 0.252 e. The fourth-order valence-corrected chi connectivity index (χ4v) is 6.04. The van der Waals surface area contributed by atoms with Crippen LogP contribution in [0.1, 0.15) is 42.9 Å². The molecule has 2 aromatic carbocycles. The van der Waals surface area contributed by atoms with E-state index in [4.69, 9.17) is 11.6 Å². The van der Waals surface area contributed by atoms with Crippen LogP contribution in [0.15, 0.2) is 65.7 Å². The van der Waals surface area contributed by atoms with Crippen molar-refractivity contribution in [2.45, 2.75) is 54.6 Å². The summed E-state index contributed by atoms with van der Waals surface area (Å²) in [5.41, 5.74) is 0.399. The molecule has 1 N–H and O–H groups in total. The van der Waals surface area contributed by atoms with Crippen molar-refractivity contribution in [3.05, 3.63) is 82.8 Å². The van der Waals surface area contributed by atoms with Crippen LogP contribution in [-0.2, 0) is 14.4 Å². The maximum absolute atomic E-state index is 14.9. The monoisotopic (exact) mass is 627 g/mol. The molecular formula is C30H25ClF3N5O3S. The van der Waals surface area contributed by atoms with Gasteiger partial charge in [0.25, 0.3) is 11.8 Å². The third kappa shape index (κ3) is 6.33. The summed E-state index contributed by atoms with van der Waals surface area (Å²) in [4.78, 5) is 48.5. The first-order chi connectivity index (χ1) is 20.5. The van der Waals surface area contributed by atoms with Gasteiger partial charge in [-0.05, 0) is 49.1 Å². The van der Waals surface area contributed by atoms with Crippen molar-refractivity contribution in [2.75, 3.05) is 16.1 Å². The second-order valence-corrected chi connectivity index (χ2v) is 11.6. The molecule has 3 amide bonds. The molecule has 13 heteroatoms. The molecule has 2 unspecified atom stereocenters. The normalized spacial score (nSPS) is 18.5. The zero-order chi connectivity index (χ0) is 30.9. The molecule has 0 bridgehead atoms. The van der Waals surface area contributed by atoms with Crippen LogP contribution in [0, 0.1) is 17.1 Å². The minimum absolute atomic E-state index is 0.00592. The van der Waals surface area contributed by atoms with Crippen molar-refractivity contribution in [3.63, 3.8) is 0 Å². The van der Waals surface area contributed by atoms with E-state index in [0.29, 0.717) is 4.90 Å². The van der Waals surface area contributed by atoms with Crippen molar-refractivity contribution in [3.8, 4) is 6.07 Å². The number of aromatic nitrogens is 1. The number of halogens is 4. The van der Waals surface area contributed by atoms with Gasteiger partial charge in [-0.15, -0.1) is 11.8 Å². The molecule has 2 fully saturated rings. The molecular weight excluding hydrogens is 603 g/mol. The lowest BCUT2D eigenvalue weighted by molar-refractivity contribution is -0.133. The fourth-order valence-electron chi connectivity index (χ4n) is 5.33. The molecule has 2 heterocycles. The summed E-state index contributed by atoms with van der Waals surface area (Å²) in [6, 6.07) is 11.4. The lowest BCUT2D eigenvalue weighted by Gasteiger charge is -2.39. The van der Waals surface area contributed by atoms with E-state index in [1.165, 1.54) is 59.3 Å². The first-order valence-electron chi connectivity index (χ1n) is 13.3. The number of hydrogen-bond donors (Lipinski definition) is 1. The Labute approximate surface area is 254 Å². The Morgan fingerprint density at radius 2 is 1.95 bits per heavy atom. The van der Waals surface area contributed by atoms with Crippen LogP contribution in [-0.4, -0.2) is 47.0 Å². The van der Waals surface area contributed by atoms with Crippen molar-refractivity contribution >= 4 is 52.6 Å². The quantitative estimate of drug-likeness (QED) is 0.324. The molecule has 1 aliphatic carbocycles. The average Bonchev–Trinajstić information content (AvgIpc) is 3.35. The Hall–Kier alpha value is -4.08. The molecule has 1 aromatic heterocycles. The molecule has 222 valence electrons. The summed E-state index contributed by atoms with van der Waals surface area (Å²) in [6.07, 6.45) is 1.94. The lowest BCUT2D eigenvalue weighted by Crippen LogP contribution is -2.56. The molecule has 43 heavy (non-hydrogen) atoms. The first kappa shape index (κ1) is 30.4. The van der Waals surface area contributed by atoms with E-state index < -0.39 is 60.4 Å². The van der Waals surface area contributed by atoms with Crippen LogP contribution in [0.25, 0.3) is 0 Å². The number of nitriles is 1. The van der Waals surface area contributed by atoms with Gasteiger partial charge in [0.1, 0.15) is 23.7 Å². The highest BCUT2D eigenvalue weighted by Crippen LogP contribution is 2.40. The van der Waals surface area contributed by atoms with Crippen LogP contribution in [0.5, 0.6) is 0 Å². The van der Waals surface area contributed by atoms with Gasteiger partial charge in [-0.1, -0.05) is 29.8 Å². The van der Waals surface area contributed by atoms with Gasteiger partial charge in [0.2, 0.25) is 11.8 Å². The van der Waals surface area contributed by atoms with Gasteiger partial charge in [-0.2, -0.15) is 5.26 Å². The Balaban J connectivity index is 1.64. The highest BCUT2D eigenvalue weighted by molar-refractivity contribution is 7.98. The van der Waals surface area contributed by atoms with E-state index in [-0.39, 0.29) is 40.5 Å². The van der Waals surface area contributed by atoms with E-state index in [0.717, 1.165) is 11.0 Å². The molecule has 0 spiro atoms. The number of hydrogen-bond acceptors (Lipinski definition) is 6. The molecule has 3 aromatic rings. The smallest absolute Gasteiger partial charge is 0.252 e. The summed E-state index contributed by atoms with van der Waals surface area (Å²) in [5.74, 6) is -5.50. The molecule has 0 radical (unpaired) electrons. The zero-order valence-electron chi connectivity index (χ0n) is 22.8. The predicted octanol–water partition coefficient (Wildman–Crippen LogP) is 5.65. The van der Waals surface area contributed by atoms with Gasteiger partial charge in [0.15, 0.2) is 0 Å². The number of anilines is 2. The van der Waals surface area contributed by atoms with Gasteiger partial charge < -0.3 is 5.32 Å². The highest BCUT2D eigenvalue weighted by Gasteiger charge is 2.48. The molecule has 8 nitrogen and oxygen atoms in total. The van der Waals surface area contributed by atoms with E-state index in [2.05, 4.69) is 10.3 Å². The Morgan fingerprint density at radius 1 is 1.21 bits per heavy atom. The maximum atomic E-state index is 14.9. The molecule has 1 saturated heterocycles. The molecule has 1 saturated carbocycles. The van der Waals surface area contributed by atoms with Crippen LogP contribution < -0.4 is 15.1 Å². The van der Waals surface area contributed by atoms with E-state index in [1.807, 2.05) is 6.07 Å². The van der Waals surface area contributed by atoms with Crippen LogP contribution in [0.3, 0.4) is 0 Å². The summed E-state index contributed by atoms with van der Waals surface area (Å²) in [7, 11) is 0. The van der Waals surface area contributed by atoms with Gasteiger partial charge in [-0.3, -0.25) is 24.2 Å². The molecule has 5 rings (SSSR count). The number of pyridine rings is 1. The second kappa shape index (κ2) is 12.3. The zero-order valence-corrected chi connectivity index (χ0v) is 24.3. The van der Waals surface area contributed by atoms with Crippen LogP contribution >= 0.6 is 23.4 Å². The Bertz CT molecular complexity index is 1630. The number of nitrogens with one attached hydrogen (secondary N) is 1. The average molecular weight is 628 g/mol. The van der Waals surface area contributed by atoms with Gasteiger partial charge in [0.05, 0.1) is 11.6 Å². The van der Waals surface area contributed by atoms with Gasteiger partial charge in [0, 0.05) is 52.7 Å². The molecule has 2 aliphatic rings. The van der Waals surface area contributed by atoms with Crippen LogP contribution in [0.4, 0.5) is 24.7 Å².